The van der Waals surface area contributed by atoms with Crippen molar-refractivity contribution in [3.63, 3.8) is 0 Å². The number of carbonyl (C=O) groups excluding carboxylic acids is 1. The Bertz CT molecular complexity index is 651. The molecule has 1 aliphatic rings. The molecule has 1 amide bonds. The highest BCUT2D eigenvalue weighted by atomic mass is 16.1. The van der Waals surface area contributed by atoms with E-state index in [1.807, 2.05) is 12.4 Å². The predicted molar refractivity (Wildman–Crippen MR) is 100 cm³/mol. The molecule has 2 heterocycles. The monoisotopic (exact) mass is 340 g/mol. The Labute approximate surface area is 149 Å². The lowest BCUT2D eigenvalue weighted by Gasteiger charge is -2.32. The number of H-pyrrole nitrogens is 1. The number of piperidine rings is 1. The minimum absolute atomic E-state index is 0.109. The van der Waals surface area contributed by atoms with Crippen LogP contribution in [0.3, 0.4) is 0 Å². The Morgan fingerprint density at radius 3 is 2.88 bits per heavy atom. The average molecular weight is 340 g/mol. The summed E-state index contributed by atoms with van der Waals surface area (Å²) in [6, 6.07) is 8.61. The van der Waals surface area contributed by atoms with Crippen LogP contribution in [0.5, 0.6) is 0 Å². The smallest absolute Gasteiger partial charge is 0.220 e. The first-order valence-electron chi connectivity index (χ1n) is 9.29. The SMILES string of the molecule is CC1CCCN(c2ccc(CNC(=O)CCCc3cn[nH]c3)cc2)C1. The summed E-state index contributed by atoms with van der Waals surface area (Å²) in [5.74, 6) is 0.882. The van der Waals surface area contributed by atoms with Crippen LogP contribution < -0.4 is 10.2 Å². The first kappa shape index (κ1) is 17.5. The number of aromatic nitrogens is 2. The third kappa shape index (κ3) is 5.34. The van der Waals surface area contributed by atoms with Crippen molar-refractivity contribution in [2.75, 3.05) is 18.0 Å². The lowest BCUT2D eigenvalue weighted by atomic mass is 9.99. The number of nitrogens with zero attached hydrogens (tertiary/aromatic N) is 2. The minimum atomic E-state index is 0.109. The highest BCUT2D eigenvalue weighted by Gasteiger charge is 2.16. The van der Waals surface area contributed by atoms with Gasteiger partial charge in [0.05, 0.1) is 6.20 Å². The topological polar surface area (TPSA) is 61.0 Å². The number of anilines is 1. The van der Waals surface area contributed by atoms with E-state index in [1.54, 1.807) is 0 Å². The molecule has 1 aromatic carbocycles. The van der Waals surface area contributed by atoms with Gasteiger partial charge >= 0.3 is 0 Å². The van der Waals surface area contributed by atoms with Crippen LogP contribution in [0.25, 0.3) is 0 Å². The van der Waals surface area contributed by atoms with Crippen LogP contribution in [-0.4, -0.2) is 29.2 Å². The number of carbonyl (C=O) groups is 1. The summed E-state index contributed by atoms with van der Waals surface area (Å²) in [6.45, 7) is 5.22. The fraction of sp³-hybridized carbons (Fsp3) is 0.500. The van der Waals surface area contributed by atoms with E-state index in [9.17, 15) is 4.79 Å². The Morgan fingerprint density at radius 2 is 2.16 bits per heavy atom. The van der Waals surface area contributed by atoms with E-state index in [0.29, 0.717) is 13.0 Å². The maximum Gasteiger partial charge on any atom is 0.220 e. The van der Waals surface area contributed by atoms with Gasteiger partial charge in [0.15, 0.2) is 0 Å². The molecule has 25 heavy (non-hydrogen) atoms. The molecular weight excluding hydrogens is 312 g/mol. The third-order valence-corrected chi connectivity index (χ3v) is 4.87. The number of hydrogen-bond donors (Lipinski definition) is 2. The van der Waals surface area contributed by atoms with Gasteiger partial charge in [-0.15, -0.1) is 0 Å². The molecule has 1 saturated heterocycles. The van der Waals surface area contributed by atoms with E-state index < -0.39 is 0 Å². The number of amides is 1. The summed E-state index contributed by atoms with van der Waals surface area (Å²) in [5.41, 5.74) is 3.59. The van der Waals surface area contributed by atoms with E-state index in [1.165, 1.54) is 18.5 Å². The van der Waals surface area contributed by atoms with E-state index in [4.69, 9.17) is 0 Å². The summed E-state index contributed by atoms with van der Waals surface area (Å²) >= 11 is 0. The molecule has 1 fully saturated rings. The van der Waals surface area contributed by atoms with Crippen molar-refractivity contribution in [2.45, 2.75) is 45.6 Å². The first-order chi connectivity index (χ1) is 12.2. The van der Waals surface area contributed by atoms with Gasteiger partial charge in [0.2, 0.25) is 5.91 Å². The third-order valence-electron chi connectivity index (χ3n) is 4.87. The van der Waals surface area contributed by atoms with Crippen LogP contribution in [0.1, 0.15) is 43.7 Å². The predicted octanol–water partition coefficient (Wildman–Crippen LogP) is 3.29. The van der Waals surface area contributed by atoms with Gasteiger partial charge in [-0.1, -0.05) is 19.1 Å². The summed E-state index contributed by atoms with van der Waals surface area (Å²) in [4.78, 5) is 14.4. The van der Waals surface area contributed by atoms with Crippen molar-refractivity contribution >= 4 is 11.6 Å². The fourth-order valence-corrected chi connectivity index (χ4v) is 3.40. The van der Waals surface area contributed by atoms with Gasteiger partial charge in [0.1, 0.15) is 0 Å². The molecule has 2 aromatic rings. The minimum Gasteiger partial charge on any atom is -0.371 e. The van der Waals surface area contributed by atoms with Crippen molar-refractivity contribution in [3.8, 4) is 0 Å². The zero-order chi connectivity index (χ0) is 17.5. The molecule has 0 bridgehead atoms. The highest BCUT2D eigenvalue weighted by molar-refractivity contribution is 5.75. The second-order valence-corrected chi connectivity index (χ2v) is 7.10. The van der Waals surface area contributed by atoms with Crippen LogP contribution in [0.15, 0.2) is 36.7 Å². The molecule has 2 N–H and O–H groups in total. The molecule has 0 radical (unpaired) electrons. The van der Waals surface area contributed by atoms with Crippen LogP contribution in [0.4, 0.5) is 5.69 Å². The van der Waals surface area contributed by atoms with E-state index >= 15 is 0 Å². The summed E-state index contributed by atoms with van der Waals surface area (Å²) in [7, 11) is 0. The Balaban J connectivity index is 1.39. The standard InChI is InChI=1S/C20H28N4O/c1-16-4-3-11-24(15-16)19-9-7-17(8-10-19)12-21-20(25)6-2-5-18-13-22-23-14-18/h7-10,13-14,16H,2-6,11-12,15H2,1H3,(H,21,25)(H,22,23). The van der Waals surface area contributed by atoms with Gasteiger partial charge < -0.3 is 10.2 Å². The molecule has 3 rings (SSSR count). The zero-order valence-electron chi connectivity index (χ0n) is 15.0. The summed E-state index contributed by atoms with van der Waals surface area (Å²) in [5, 5.41) is 9.71. The molecule has 5 heteroatoms. The molecule has 0 spiro atoms. The van der Waals surface area contributed by atoms with Crippen LogP contribution in [-0.2, 0) is 17.8 Å². The van der Waals surface area contributed by atoms with E-state index in [2.05, 4.69) is 51.6 Å². The van der Waals surface area contributed by atoms with Crippen molar-refractivity contribution in [1.29, 1.82) is 0 Å². The van der Waals surface area contributed by atoms with Gasteiger partial charge in [0, 0.05) is 37.9 Å². The lowest BCUT2D eigenvalue weighted by Crippen LogP contribution is -2.34. The van der Waals surface area contributed by atoms with Gasteiger partial charge in [-0.25, -0.2) is 0 Å². The Hall–Kier alpha value is -2.30. The van der Waals surface area contributed by atoms with Gasteiger partial charge in [-0.3, -0.25) is 9.89 Å². The normalized spacial score (nSPS) is 17.5. The quantitative estimate of drug-likeness (QED) is 0.813. The van der Waals surface area contributed by atoms with Crippen molar-refractivity contribution in [1.82, 2.24) is 15.5 Å². The van der Waals surface area contributed by atoms with E-state index in [-0.39, 0.29) is 5.91 Å². The van der Waals surface area contributed by atoms with Gasteiger partial charge in [-0.2, -0.15) is 5.10 Å². The Morgan fingerprint density at radius 1 is 1.32 bits per heavy atom. The van der Waals surface area contributed by atoms with Crippen molar-refractivity contribution in [2.24, 2.45) is 5.92 Å². The largest absolute Gasteiger partial charge is 0.371 e. The molecule has 1 aliphatic heterocycles. The van der Waals surface area contributed by atoms with Gasteiger partial charge in [0.25, 0.3) is 0 Å². The van der Waals surface area contributed by atoms with Gasteiger partial charge in [-0.05, 0) is 54.9 Å². The zero-order valence-corrected chi connectivity index (χ0v) is 15.0. The van der Waals surface area contributed by atoms with E-state index in [0.717, 1.165) is 43.0 Å². The summed E-state index contributed by atoms with van der Waals surface area (Å²) < 4.78 is 0. The molecular formula is C20H28N4O. The van der Waals surface area contributed by atoms with Crippen molar-refractivity contribution < 1.29 is 4.79 Å². The molecule has 0 aliphatic carbocycles. The number of aryl methyl sites for hydroxylation is 1. The number of benzene rings is 1. The average Bonchev–Trinajstić information content (AvgIpc) is 3.14. The first-order valence-corrected chi connectivity index (χ1v) is 9.29. The van der Waals surface area contributed by atoms with Crippen LogP contribution >= 0.6 is 0 Å². The highest BCUT2D eigenvalue weighted by Crippen LogP contribution is 2.23. The lowest BCUT2D eigenvalue weighted by molar-refractivity contribution is -0.121. The number of hydrogen-bond acceptors (Lipinski definition) is 3. The second kappa shape index (κ2) is 8.70. The number of aromatic amines is 1. The molecule has 134 valence electrons. The van der Waals surface area contributed by atoms with Crippen molar-refractivity contribution in [3.05, 3.63) is 47.8 Å². The molecule has 1 unspecified atom stereocenters. The molecule has 5 nitrogen and oxygen atoms in total. The summed E-state index contributed by atoms with van der Waals surface area (Å²) in [6.07, 6.45) is 8.57. The van der Waals surface area contributed by atoms with Crippen LogP contribution in [0.2, 0.25) is 0 Å². The molecule has 0 saturated carbocycles. The number of rotatable bonds is 7. The van der Waals surface area contributed by atoms with Crippen LogP contribution in [0, 0.1) is 5.92 Å². The molecule has 1 atom stereocenters. The molecule has 1 aromatic heterocycles. The number of nitrogens with one attached hydrogen (secondary N) is 2. The maximum atomic E-state index is 12.0. The maximum absolute atomic E-state index is 12.0. The second-order valence-electron chi connectivity index (χ2n) is 7.10. The Kier molecular flexibility index (Phi) is 6.09. The fourth-order valence-electron chi connectivity index (χ4n) is 3.40.